The number of nitrogens with one attached hydrogen (secondary N) is 1. The SMILES string of the molecule is COc1ccc(C)cc1CCNC(=O)CSC(c1ccccc1)c1ccccc1. The minimum atomic E-state index is 0.0542. The predicted molar refractivity (Wildman–Crippen MR) is 122 cm³/mol. The summed E-state index contributed by atoms with van der Waals surface area (Å²) in [6.45, 7) is 2.66. The highest BCUT2D eigenvalue weighted by Gasteiger charge is 2.16. The number of methoxy groups -OCH3 is 1. The zero-order valence-corrected chi connectivity index (χ0v) is 17.7. The lowest BCUT2D eigenvalue weighted by Gasteiger charge is -2.17. The van der Waals surface area contributed by atoms with Gasteiger partial charge in [0.1, 0.15) is 5.75 Å². The standard InChI is InChI=1S/C25H27NO2S/c1-19-13-14-23(28-2)22(17-19)15-16-26-24(27)18-29-25(20-9-5-3-6-10-20)21-11-7-4-8-12-21/h3-14,17,25H,15-16,18H2,1-2H3,(H,26,27). The third-order valence-electron chi connectivity index (χ3n) is 4.74. The molecule has 3 nitrogen and oxygen atoms in total. The molecule has 3 aromatic carbocycles. The van der Waals surface area contributed by atoms with Crippen molar-refractivity contribution in [3.63, 3.8) is 0 Å². The zero-order valence-electron chi connectivity index (χ0n) is 16.9. The van der Waals surface area contributed by atoms with Gasteiger partial charge in [0.25, 0.3) is 0 Å². The fraction of sp³-hybridized carbons (Fsp3) is 0.240. The molecule has 0 spiro atoms. The highest BCUT2D eigenvalue weighted by molar-refractivity contribution is 8.00. The number of hydrogen-bond donors (Lipinski definition) is 1. The second kappa shape index (κ2) is 10.7. The van der Waals surface area contributed by atoms with Crippen LogP contribution in [0.15, 0.2) is 78.9 Å². The number of amides is 1. The zero-order chi connectivity index (χ0) is 20.5. The second-order valence-corrected chi connectivity index (χ2v) is 8.02. The molecule has 1 N–H and O–H groups in total. The van der Waals surface area contributed by atoms with Crippen molar-refractivity contribution < 1.29 is 9.53 Å². The minimum Gasteiger partial charge on any atom is -0.496 e. The first-order valence-corrected chi connectivity index (χ1v) is 10.8. The Balaban J connectivity index is 1.56. The van der Waals surface area contributed by atoms with Crippen molar-refractivity contribution >= 4 is 17.7 Å². The molecule has 3 aromatic rings. The molecule has 0 unspecified atom stereocenters. The van der Waals surface area contributed by atoms with Crippen molar-refractivity contribution in [3.8, 4) is 5.75 Å². The Hall–Kier alpha value is -2.72. The Kier molecular flexibility index (Phi) is 7.77. The van der Waals surface area contributed by atoms with E-state index in [-0.39, 0.29) is 11.2 Å². The summed E-state index contributed by atoms with van der Waals surface area (Å²) in [5.41, 5.74) is 4.73. The normalized spacial score (nSPS) is 10.7. The first kappa shape index (κ1) is 21.0. The van der Waals surface area contributed by atoms with E-state index in [0.717, 1.165) is 17.7 Å². The number of rotatable bonds is 9. The first-order chi connectivity index (χ1) is 14.2. The van der Waals surface area contributed by atoms with Crippen LogP contribution in [-0.2, 0) is 11.2 Å². The van der Waals surface area contributed by atoms with Gasteiger partial charge in [0.2, 0.25) is 5.91 Å². The number of hydrogen-bond acceptors (Lipinski definition) is 3. The molecule has 4 heteroatoms. The van der Waals surface area contributed by atoms with Gasteiger partial charge < -0.3 is 10.1 Å². The maximum absolute atomic E-state index is 12.5. The van der Waals surface area contributed by atoms with Crippen LogP contribution in [0.1, 0.15) is 27.5 Å². The molecular weight excluding hydrogens is 378 g/mol. The Morgan fingerprint density at radius 3 is 2.17 bits per heavy atom. The summed E-state index contributed by atoms with van der Waals surface area (Å²) in [6, 6.07) is 26.8. The number of benzene rings is 3. The van der Waals surface area contributed by atoms with Crippen molar-refractivity contribution in [2.75, 3.05) is 19.4 Å². The number of carbonyl (C=O) groups excluding carboxylic acids is 1. The third-order valence-corrected chi connectivity index (χ3v) is 6.04. The molecule has 0 heterocycles. The molecule has 1 amide bonds. The molecule has 0 saturated heterocycles. The van der Waals surface area contributed by atoms with Crippen molar-refractivity contribution in [1.82, 2.24) is 5.32 Å². The van der Waals surface area contributed by atoms with E-state index in [1.165, 1.54) is 16.7 Å². The fourth-order valence-corrected chi connectivity index (χ4v) is 4.41. The van der Waals surface area contributed by atoms with E-state index in [4.69, 9.17) is 4.74 Å². The molecule has 0 radical (unpaired) electrons. The molecule has 150 valence electrons. The monoisotopic (exact) mass is 405 g/mol. The van der Waals surface area contributed by atoms with Crippen molar-refractivity contribution in [3.05, 3.63) is 101 Å². The quantitative estimate of drug-likeness (QED) is 0.533. The summed E-state index contributed by atoms with van der Waals surface area (Å²) in [6.07, 6.45) is 0.752. The van der Waals surface area contributed by atoms with Gasteiger partial charge in [-0.15, -0.1) is 11.8 Å². The number of thioether (sulfide) groups is 1. The summed E-state index contributed by atoms with van der Waals surface area (Å²) in [7, 11) is 1.68. The Morgan fingerprint density at radius 2 is 1.59 bits per heavy atom. The lowest BCUT2D eigenvalue weighted by molar-refractivity contribution is -0.118. The molecule has 0 fully saturated rings. The summed E-state index contributed by atoms with van der Waals surface area (Å²) in [5, 5.41) is 3.18. The van der Waals surface area contributed by atoms with Crippen LogP contribution >= 0.6 is 11.8 Å². The average molecular weight is 406 g/mol. The third kappa shape index (κ3) is 6.13. The Bertz CT molecular complexity index is 873. The van der Waals surface area contributed by atoms with Gasteiger partial charge in [0, 0.05) is 6.54 Å². The smallest absolute Gasteiger partial charge is 0.230 e. The van der Waals surface area contributed by atoms with Gasteiger partial charge in [-0.05, 0) is 36.1 Å². The molecule has 3 rings (SSSR count). The number of carbonyl (C=O) groups is 1. The number of aryl methyl sites for hydroxylation is 1. The van der Waals surface area contributed by atoms with Crippen molar-refractivity contribution in [2.45, 2.75) is 18.6 Å². The van der Waals surface area contributed by atoms with Crippen LogP contribution in [0.3, 0.4) is 0 Å². The second-order valence-electron chi connectivity index (χ2n) is 6.93. The highest BCUT2D eigenvalue weighted by atomic mass is 32.2. The van der Waals surface area contributed by atoms with Gasteiger partial charge >= 0.3 is 0 Å². The molecule has 0 saturated carbocycles. The van der Waals surface area contributed by atoms with E-state index in [9.17, 15) is 4.79 Å². The van der Waals surface area contributed by atoms with Gasteiger partial charge in [-0.1, -0.05) is 78.4 Å². The van der Waals surface area contributed by atoms with E-state index in [0.29, 0.717) is 12.3 Å². The van der Waals surface area contributed by atoms with E-state index < -0.39 is 0 Å². The van der Waals surface area contributed by atoms with Gasteiger partial charge in [-0.2, -0.15) is 0 Å². The molecule has 0 aliphatic rings. The van der Waals surface area contributed by atoms with Crippen LogP contribution in [0.5, 0.6) is 5.75 Å². The molecule has 0 atom stereocenters. The van der Waals surface area contributed by atoms with Crippen molar-refractivity contribution in [1.29, 1.82) is 0 Å². The van der Waals surface area contributed by atoms with E-state index >= 15 is 0 Å². The highest BCUT2D eigenvalue weighted by Crippen LogP contribution is 2.35. The maximum atomic E-state index is 12.5. The summed E-state index contributed by atoms with van der Waals surface area (Å²) in [4.78, 5) is 12.5. The lowest BCUT2D eigenvalue weighted by atomic mass is 10.0. The van der Waals surface area contributed by atoms with Crippen LogP contribution in [-0.4, -0.2) is 25.3 Å². The molecule has 0 aliphatic heterocycles. The first-order valence-electron chi connectivity index (χ1n) is 9.79. The van der Waals surface area contributed by atoms with E-state index in [1.54, 1.807) is 18.9 Å². The fourth-order valence-electron chi connectivity index (χ4n) is 3.29. The van der Waals surface area contributed by atoms with Gasteiger partial charge in [-0.3, -0.25) is 4.79 Å². The van der Waals surface area contributed by atoms with Gasteiger partial charge in [-0.25, -0.2) is 0 Å². The predicted octanol–water partition coefficient (Wildman–Crippen LogP) is 5.19. The van der Waals surface area contributed by atoms with Crippen LogP contribution in [0.2, 0.25) is 0 Å². The largest absolute Gasteiger partial charge is 0.496 e. The lowest BCUT2D eigenvalue weighted by Crippen LogP contribution is -2.27. The van der Waals surface area contributed by atoms with Gasteiger partial charge in [0.15, 0.2) is 0 Å². The Labute approximate surface area is 177 Å². The topological polar surface area (TPSA) is 38.3 Å². The summed E-state index contributed by atoms with van der Waals surface area (Å²) in [5.74, 6) is 1.34. The molecule has 0 aliphatic carbocycles. The molecular formula is C25H27NO2S. The van der Waals surface area contributed by atoms with E-state index in [1.807, 2.05) is 48.5 Å². The Morgan fingerprint density at radius 1 is 0.966 bits per heavy atom. The van der Waals surface area contributed by atoms with Crippen LogP contribution in [0, 0.1) is 6.92 Å². The number of ether oxygens (including phenoxy) is 1. The molecule has 0 bridgehead atoms. The van der Waals surface area contributed by atoms with Crippen LogP contribution in [0.4, 0.5) is 0 Å². The maximum Gasteiger partial charge on any atom is 0.230 e. The van der Waals surface area contributed by atoms with Crippen LogP contribution < -0.4 is 10.1 Å². The van der Waals surface area contributed by atoms with E-state index in [2.05, 4.69) is 42.6 Å². The van der Waals surface area contributed by atoms with Crippen molar-refractivity contribution in [2.24, 2.45) is 0 Å². The van der Waals surface area contributed by atoms with Crippen LogP contribution in [0.25, 0.3) is 0 Å². The summed E-state index contributed by atoms with van der Waals surface area (Å²) >= 11 is 1.66. The minimum absolute atomic E-state index is 0.0542. The average Bonchev–Trinajstić information content (AvgIpc) is 2.75. The molecule has 29 heavy (non-hydrogen) atoms. The van der Waals surface area contributed by atoms with Gasteiger partial charge in [0.05, 0.1) is 18.1 Å². The molecule has 0 aromatic heterocycles. The summed E-state index contributed by atoms with van der Waals surface area (Å²) < 4.78 is 5.42.